The van der Waals surface area contributed by atoms with Crippen molar-refractivity contribution in [2.24, 2.45) is 11.3 Å². The molecule has 1 heterocycles. The maximum absolute atomic E-state index is 13.6. The van der Waals surface area contributed by atoms with Crippen LogP contribution in [0.15, 0.2) is 11.6 Å². The van der Waals surface area contributed by atoms with Crippen molar-refractivity contribution in [1.29, 1.82) is 0 Å². The average molecular weight is 452 g/mol. The van der Waals surface area contributed by atoms with E-state index in [1.807, 2.05) is 34.6 Å². The summed E-state index contributed by atoms with van der Waals surface area (Å²) in [5.74, 6) is -0.529. The molecule has 1 rings (SSSR count). The van der Waals surface area contributed by atoms with Crippen LogP contribution in [0.1, 0.15) is 74.7 Å². The molecule has 1 saturated heterocycles. The molecule has 2 amide bonds. The number of hydrogen-bond acceptors (Lipinski definition) is 5. The molecule has 0 aromatic carbocycles. The Kier molecular flexibility index (Phi) is 10.9. The van der Waals surface area contributed by atoms with Gasteiger partial charge in [-0.25, -0.2) is 4.79 Å². The Morgan fingerprint density at radius 3 is 2.31 bits per heavy atom. The Labute approximate surface area is 194 Å². The lowest BCUT2D eigenvalue weighted by Gasteiger charge is -2.39. The van der Waals surface area contributed by atoms with Crippen LogP contribution in [-0.4, -0.2) is 72.5 Å². The molecule has 32 heavy (non-hydrogen) atoms. The zero-order valence-corrected chi connectivity index (χ0v) is 21.7. The summed E-state index contributed by atoms with van der Waals surface area (Å²) in [4.78, 5) is 42.8. The number of piperidine rings is 1. The third kappa shape index (κ3) is 7.61. The first-order valence-electron chi connectivity index (χ1n) is 12.0. The van der Waals surface area contributed by atoms with Crippen LogP contribution in [0.2, 0.25) is 0 Å². The summed E-state index contributed by atoms with van der Waals surface area (Å²) in [5.41, 5.74) is 0.0102. The van der Waals surface area contributed by atoms with E-state index in [1.54, 1.807) is 31.9 Å². The van der Waals surface area contributed by atoms with Crippen molar-refractivity contribution in [3.63, 3.8) is 0 Å². The Balaban J connectivity index is 3.12. The monoisotopic (exact) mass is 451 g/mol. The number of likely N-dealkylation sites (tertiary alicyclic amines) is 1. The number of esters is 1. The zero-order valence-electron chi connectivity index (χ0n) is 21.7. The van der Waals surface area contributed by atoms with Gasteiger partial charge < -0.3 is 15.0 Å². The van der Waals surface area contributed by atoms with E-state index >= 15 is 0 Å². The molecule has 3 atom stereocenters. The van der Waals surface area contributed by atoms with Crippen LogP contribution < -0.4 is 5.32 Å². The molecule has 1 unspecified atom stereocenters. The van der Waals surface area contributed by atoms with Gasteiger partial charge in [0.1, 0.15) is 6.04 Å². The van der Waals surface area contributed by atoms with Gasteiger partial charge in [0.15, 0.2) is 0 Å². The van der Waals surface area contributed by atoms with Crippen LogP contribution in [0.5, 0.6) is 0 Å². The molecule has 0 aromatic rings. The van der Waals surface area contributed by atoms with Gasteiger partial charge in [0, 0.05) is 12.6 Å². The lowest BCUT2D eigenvalue weighted by Crippen LogP contribution is -2.60. The van der Waals surface area contributed by atoms with Crippen LogP contribution in [0.25, 0.3) is 0 Å². The Morgan fingerprint density at radius 2 is 1.81 bits per heavy atom. The molecular weight excluding hydrogens is 406 g/mol. The summed E-state index contributed by atoms with van der Waals surface area (Å²) in [5, 5.41) is 3.08. The summed E-state index contributed by atoms with van der Waals surface area (Å²) in [7, 11) is 1.74. The predicted octanol–water partition coefficient (Wildman–Crippen LogP) is 3.38. The highest BCUT2D eigenvalue weighted by molar-refractivity contribution is 5.91. The SMILES string of the molecule is CCOC(=O)/C(C)=C/C(C(C)C)N(C)C(=O)[C@@H](NC(=O)[C@H]1CCCCN1CC)C(C)(C)C. The minimum Gasteiger partial charge on any atom is -0.463 e. The second-order valence-corrected chi connectivity index (χ2v) is 10.2. The fourth-order valence-electron chi connectivity index (χ4n) is 4.22. The molecular formula is C25H45N3O4. The fraction of sp³-hybridized carbons (Fsp3) is 0.800. The molecule has 0 saturated carbocycles. The van der Waals surface area contributed by atoms with E-state index in [-0.39, 0.29) is 35.8 Å². The van der Waals surface area contributed by atoms with Gasteiger partial charge in [-0.15, -0.1) is 0 Å². The predicted molar refractivity (Wildman–Crippen MR) is 128 cm³/mol. The first kappa shape index (κ1) is 28.1. The highest BCUT2D eigenvalue weighted by Crippen LogP contribution is 2.25. The summed E-state index contributed by atoms with van der Waals surface area (Å²) in [6.07, 6.45) is 4.74. The lowest BCUT2D eigenvalue weighted by molar-refractivity contribution is -0.142. The van der Waals surface area contributed by atoms with E-state index in [1.165, 1.54) is 0 Å². The van der Waals surface area contributed by atoms with E-state index in [2.05, 4.69) is 17.1 Å². The third-order valence-electron chi connectivity index (χ3n) is 6.22. The molecule has 1 aliphatic heterocycles. The molecule has 1 fully saturated rings. The molecule has 7 heteroatoms. The summed E-state index contributed by atoms with van der Waals surface area (Å²) in [6, 6.07) is -1.16. The summed E-state index contributed by atoms with van der Waals surface area (Å²) < 4.78 is 5.09. The topological polar surface area (TPSA) is 79.0 Å². The van der Waals surface area contributed by atoms with Crippen molar-refractivity contribution in [3.8, 4) is 0 Å². The maximum Gasteiger partial charge on any atom is 0.333 e. The Morgan fingerprint density at radius 1 is 1.19 bits per heavy atom. The van der Waals surface area contributed by atoms with E-state index in [0.29, 0.717) is 12.2 Å². The number of nitrogens with one attached hydrogen (secondary N) is 1. The first-order chi connectivity index (χ1) is 14.8. The Bertz CT molecular complexity index is 681. The summed E-state index contributed by atoms with van der Waals surface area (Å²) >= 11 is 0. The smallest absolute Gasteiger partial charge is 0.333 e. The summed E-state index contributed by atoms with van der Waals surface area (Å²) in [6.45, 7) is 17.5. The van der Waals surface area contributed by atoms with Crippen molar-refractivity contribution in [3.05, 3.63) is 11.6 Å². The number of rotatable bonds is 9. The van der Waals surface area contributed by atoms with Gasteiger partial charge in [0.2, 0.25) is 11.8 Å². The molecule has 0 aromatic heterocycles. The van der Waals surface area contributed by atoms with E-state index < -0.39 is 11.5 Å². The number of likely N-dealkylation sites (N-methyl/N-ethyl adjacent to an activating group) is 2. The van der Waals surface area contributed by atoms with Gasteiger partial charge in [-0.2, -0.15) is 0 Å². The van der Waals surface area contributed by atoms with Gasteiger partial charge in [-0.1, -0.05) is 54.0 Å². The first-order valence-corrected chi connectivity index (χ1v) is 12.0. The quantitative estimate of drug-likeness (QED) is 0.429. The second-order valence-electron chi connectivity index (χ2n) is 10.2. The highest BCUT2D eigenvalue weighted by Gasteiger charge is 2.39. The van der Waals surface area contributed by atoms with Crippen molar-refractivity contribution in [2.75, 3.05) is 26.7 Å². The van der Waals surface area contributed by atoms with Crippen LogP contribution in [0.4, 0.5) is 0 Å². The second kappa shape index (κ2) is 12.4. The number of hydrogen-bond donors (Lipinski definition) is 1. The zero-order chi connectivity index (χ0) is 24.6. The number of carbonyl (C=O) groups is 3. The maximum atomic E-state index is 13.6. The number of amides is 2. The number of ether oxygens (including phenoxy) is 1. The van der Waals surface area contributed by atoms with Gasteiger partial charge in [0.25, 0.3) is 0 Å². The normalized spacial score (nSPS) is 19.9. The van der Waals surface area contributed by atoms with Gasteiger partial charge >= 0.3 is 5.97 Å². The van der Waals surface area contributed by atoms with Crippen LogP contribution in [0.3, 0.4) is 0 Å². The molecule has 1 aliphatic rings. The minimum atomic E-state index is -0.668. The molecule has 0 bridgehead atoms. The van der Waals surface area contributed by atoms with Crippen molar-refractivity contribution in [2.45, 2.75) is 92.8 Å². The highest BCUT2D eigenvalue weighted by atomic mass is 16.5. The third-order valence-corrected chi connectivity index (χ3v) is 6.22. The van der Waals surface area contributed by atoms with Crippen molar-refractivity contribution >= 4 is 17.8 Å². The number of nitrogens with zero attached hydrogens (tertiary/aromatic N) is 2. The van der Waals surface area contributed by atoms with Crippen LogP contribution >= 0.6 is 0 Å². The number of carbonyl (C=O) groups excluding carboxylic acids is 3. The lowest BCUT2D eigenvalue weighted by atomic mass is 9.84. The van der Waals surface area contributed by atoms with Gasteiger partial charge in [-0.3, -0.25) is 14.5 Å². The van der Waals surface area contributed by atoms with Crippen LogP contribution in [0, 0.1) is 11.3 Å². The average Bonchev–Trinajstić information content (AvgIpc) is 2.73. The Hall–Kier alpha value is -1.89. The van der Waals surface area contributed by atoms with Gasteiger partial charge in [0.05, 0.1) is 18.7 Å². The van der Waals surface area contributed by atoms with E-state index in [9.17, 15) is 14.4 Å². The van der Waals surface area contributed by atoms with Crippen molar-refractivity contribution in [1.82, 2.24) is 15.1 Å². The molecule has 7 nitrogen and oxygen atoms in total. The van der Waals surface area contributed by atoms with Crippen LogP contribution in [-0.2, 0) is 19.1 Å². The molecule has 0 spiro atoms. The van der Waals surface area contributed by atoms with E-state index in [4.69, 9.17) is 4.74 Å². The largest absolute Gasteiger partial charge is 0.463 e. The standard InChI is InChI=1S/C25H45N3O4/c1-10-28-15-13-12-14-19(28)22(29)26-21(25(6,7)8)23(30)27(9)20(17(3)4)16-18(5)24(31)32-11-2/h16-17,19-21H,10-15H2,1-9H3,(H,26,29)/b18-16+/t19-,20?,21-/m1/s1. The molecule has 1 N–H and O–H groups in total. The fourth-order valence-corrected chi connectivity index (χ4v) is 4.22. The van der Waals surface area contributed by atoms with Gasteiger partial charge in [-0.05, 0) is 51.1 Å². The molecule has 0 aliphatic carbocycles. The van der Waals surface area contributed by atoms with E-state index in [0.717, 1.165) is 32.4 Å². The minimum absolute atomic E-state index is 0.0763. The molecule has 0 radical (unpaired) electrons. The van der Waals surface area contributed by atoms with Crippen molar-refractivity contribution < 1.29 is 19.1 Å². The molecule has 184 valence electrons.